The third kappa shape index (κ3) is 2.86. The molecule has 1 N–H and O–H groups in total. The number of piperidine rings is 1. The van der Waals surface area contributed by atoms with Gasteiger partial charge >= 0.3 is 5.97 Å². The smallest absolute Gasteiger partial charge is 0.336 e. The second-order valence-corrected chi connectivity index (χ2v) is 6.17. The van der Waals surface area contributed by atoms with Crippen molar-refractivity contribution in [1.82, 2.24) is 0 Å². The molecular weight excluding hydrogens is 294 g/mol. The zero-order chi connectivity index (χ0) is 13.3. The van der Waals surface area contributed by atoms with Crippen LogP contribution in [0.4, 0.5) is 5.69 Å². The summed E-state index contributed by atoms with van der Waals surface area (Å²) >= 11 is 3.34. The standard InChI is InChI=1S/C14H18BrNO2/c1-9-5-10(2)8-16(7-9)11-3-4-12(14(17)18)13(15)6-11/h3-4,6,9-10H,5,7-8H2,1-2H3,(H,17,18). The third-order valence-corrected chi connectivity index (χ3v) is 4.07. The van der Waals surface area contributed by atoms with Crippen molar-refractivity contribution in [2.24, 2.45) is 11.8 Å². The Morgan fingerprint density at radius 1 is 1.33 bits per heavy atom. The van der Waals surface area contributed by atoms with Gasteiger partial charge in [0.25, 0.3) is 0 Å². The number of benzene rings is 1. The lowest BCUT2D eigenvalue weighted by Crippen LogP contribution is -2.38. The van der Waals surface area contributed by atoms with Crippen LogP contribution in [-0.4, -0.2) is 24.2 Å². The molecular formula is C14H18BrNO2. The van der Waals surface area contributed by atoms with Crippen molar-refractivity contribution in [3.8, 4) is 0 Å². The lowest BCUT2D eigenvalue weighted by atomic mass is 9.91. The maximum atomic E-state index is 11.0. The van der Waals surface area contributed by atoms with Crippen LogP contribution in [0.3, 0.4) is 0 Å². The maximum absolute atomic E-state index is 11.0. The third-order valence-electron chi connectivity index (χ3n) is 3.42. The fourth-order valence-electron chi connectivity index (χ4n) is 2.75. The summed E-state index contributed by atoms with van der Waals surface area (Å²) in [6.45, 7) is 6.62. The first-order valence-corrected chi connectivity index (χ1v) is 7.04. The van der Waals surface area contributed by atoms with E-state index in [0.717, 1.165) is 18.8 Å². The van der Waals surface area contributed by atoms with Crippen molar-refractivity contribution in [3.05, 3.63) is 28.2 Å². The number of rotatable bonds is 2. The topological polar surface area (TPSA) is 40.5 Å². The van der Waals surface area contributed by atoms with E-state index in [-0.39, 0.29) is 0 Å². The van der Waals surface area contributed by atoms with Gasteiger partial charge in [0, 0.05) is 23.2 Å². The van der Waals surface area contributed by atoms with Gasteiger partial charge in [0.2, 0.25) is 0 Å². The van der Waals surface area contributed by atoms with E-state index in [1.54, 1.807) is 6.07 Å². The van der Waals surface area contributed by atoms with E-state index >= 15 is 0 Å². The SMILES string of the molecule is CC1CC(C)CN(c2ccc(C(=O)O)c(Br)c2)C1. The average molecular weight is 312 g/mol. The zero-order valence-corrected chi connectivity index (χ0v) is 12.3. The van der Waals surface area contributed by atoms with Crippen LogP contribution in [0.5, 0.6) is 0 Å². The van der Waals surface area contributed by atoms with Gasteiger partial charge in [0.05, 0.1) is 5.56 Å². The Balaban J connectivity index is 2.23. The minimum absolute atomic E-state index is 0.317. The van der Waals surface area contributed by atoms with E-state index in [1.165, 1.54) is 6.42 Å². The van der Waals surface area contributed by atoms with Gasteiger partial charge in [-0.2, -0.15) is 0 Å². The van der Waals surface area contributed by atoms with Gasteiger partial charge in [-0.25, -0.2) is 4.79 Å². The van der Waals surface area contributed by atoms with Crippen LogP contribution < -0.4 is 4.90 Å². The highest BCUT2D eigenvalue weighted by atomic mass is 79.9. The first-order chi connectivity index (χ1) is 8.47. The molecule has 1 saturated heterocycles. The van der Waals surface area contributed by atoms with Crippen molar-refractivity contribution in [1.29, 1.82) is 0 Å². The molecule has 1 fully saturated rings. The van der Waals surface area contributed by atoms with Crippen molar-refractivity contribution >= 4 is 27.6 Å². The number of nitrogens with zero attached hydrogens (tertiary/aromatic N) is 1. The zero-order valence-electron chi connectivity index (χ0n) is 10.7. The Labute approximate surface area is 116 Å². The van der Waals surface area contributed by atoms with Gasteiger partial charge in [-0.15, -0.1) is 0 Å². The minimum atomic E-state index is -0.895. The van der Waals surface area contributed by atoms with Crippen molar-refractivity contribution < 1.29 is 9.90 Å². The lowest BCUT2D eigenvalue weighted by Gasteiger charge is -2.36. The van der Waals surface area contributed by atoms with E-state index < -0.39 is 5.97 Å². The van der Waals surface area contributed by atoms with Crippen molar-refractivity contribution in [2.45, 2.75) is 20.3 Å². The number of halogens is 1. The fourth-order valence-corrected chi connectivity index (χ4v) is 3.28. The number of carbonyl (C=O) groups is 1. The highest BCUT2D eigenvalue weighted by molar-refractivity contribution is 9.10. The predicted octanol–water partition coefficient (Wildman–Crippen LogP) is 3.63. The van der Waals surface area contributed by atoms with Crippen LogP contribution in [0.25, 0.3) is 0 Å². The Bertz CT molecular complexity index is 451. The van der Waals surface area contributed by atoms with Crippen molar-refractivity contribution in [2.75, 3.05) is 18.0 Å². The summed E-state index contributed by atoms with van der Waals surface area (Å²) in [4.78, 5) is 13.3. The summed E-state index contributed by atoms with van der Waals surface area (Å²) in [5.74, 6) is 0.479. The molecule has 1 aromatic carbocycles. The molecule has 0 amide bonds. The Kier molecular flexibility index (Phi) is 3.95. The first-order valence-electron chi connectivity index (χ1n) is 6.25. The molecule has 0 saturated carbocycles. The summed E-state index contributed by atoms with van der Waals surface area (Å²) in [5.41, 5.74) is 1.42. The molecule has 2 unspecified atom stereocenters. The molecule has 1 aromatic rings. The summed E-state index contributed by atoms with van der Waals surface area (Å²) < 4.78 is 0.651. The fraction of sp³-hybridized carbons (Fsp3) is 0.500. The molecule has 0 bridgehead atoms. The largest absolute Gasteiger partial charge is 0.478 e. The van der Waals surface area contributed by atoms with Gasteiger partial charge in [0.1, 0.15) is 0 Å². The number of aromatic carboxylic acids is 1. The highest BCUT2D eigenvalue weighted by Gasteiger charge is 2.22. The number of anilines is 1. The van der Waals surface area contributed by atoms with Crippen molar-refractivity contribution in [3.63, 3.8) is 0 Å². The van der Waals surface area contributed by atoms with Crippen LogP contribution in [0.15, 0.2) is 22.7 Å². The van der Waals surface area contributed by atoms with E-state index in [0.29, 0.717) is 21.9 Å². The molecule has 1 aliphatic rings. The molecule has 98 valence electrons. The molecule has 0 aliphatic carbocycles. The van der Waals surface area contributed by atoms with E-state index in [9.17, 15) is 4.79 Å². The second kappa shape index (κ2) is 5.31. The minimum Gasteiger partial charge on any atom is -0.478 e. The van der Waals surface area contributed by atoms with Gasteiger partial charge in [-0.3, -0.25) is 0 Å². The second-order valence-electron chi connectivity index (χ2n) is 5.32. The van der Waals surface area contributed by atoms with Crippen LogP contribution in [-0.2, 0) is 0 Å². The van der Waals surface area contributed by atoms with E-state index in [1.807, 2.05) is 12.1 Å². The first kappa shape index (κ1) is 13.4. The molecule has 1 heterocycles. The van der Waals surface area contributed by atoms with Gasteiger partial charge in [-0.05, 0) is 52.4 Å². The molecule has 3 nitrogen and oxygen atoms in total. The highest BCUT2D eigenvalue weighted by Crippen LogP contribution is 2.29. The molecule has 0 aromatic heterocycles. The molecule has 0 radical (unpaired) electrons. The Morgan fingerprint density at radius 3 is 2.44 bits per heavy atom. The molecule has 1 aliphatic heterocycles. The number of hydrogen-bond donors (Lipinski definition) is 1. The molecule has 18 heavy (non-hydrogen) atoms. The molecule has 2 atom stereocenters. The maximum Gasteiger partial charge on any atom is 0.336 e. The Hall–Kier alpha value is -1.03. The van der Waals surface area contributed by atoms with Gasteiger partial charge in [0.15, 0.2) is 0 Å². The normalized spacial score (nSPS) is 24.1. The number of hydrogen-bond acceptors (Lipinski definition) is 2. The summed E-state index contributed by atoms with van der Waals surface area (Å²) in [6, 6.07) is 5.48. The monoisotopic (exact) mass is 311 g/mol. The summed E-state index contributed by atoms with van der Waals surface area (Å²) in [6.07, 6.45) is 1.27. The predicted molar refractivity (Wildman–Crippen MR) is 76.3 cm³/mol. The summed E-state index contributed by atoms with van der Waals surface area (Å²) in [7, 11) is 0. The van der Waals surface area contributed by atoms with E-state index in [2.05, 4.69) is 34.7 Å². The Morgan fingerprint density at radius 2 is 1.94 bits per heavy atom. The van der Waals surface area contributed by atoms with E-state index in [4.69, 9.17) is 5.11 Å². The van der Waals surface area contributed by atoms with Gasteiger partial charge in [-0.1, -0.05) is 13.8 Å². The lowest BCUT2D eigenvalue weighted by molar-refractivity contribution is 0.0696. The van der Waals surface area contributed by atoms with Crippen LogP contribution in [0, 0.1) is 11.8 Å². The molecule has 0 spiro atoms. The van der Waals surface area contributed by atoms with Gasteiger partial charge < -0.3 is 10.0 Å². The quantitative estimate of drug-likeness (QED) is 0.906. The number of carboxylic acids is 1. The summed E-state index contributed by atoms with van der Waals surface area (Å²) in [5, 5.41) is 9.01. The molecule has 4 heteroatoms. The average Bonchev–Trinajstić information content (AvgIpc) is 2.26. The van der Waals surface area contributed by atoms with Crippen LogP contribution >= 0.6 is 15.9 Å². The number of carboxylic acid groups (broad SMARTS) is 1. The molecule has 2 rings (SSSR count). The van der Waals surface area contributed by atoms with Crippen LogP contribution in [0.1, 0.15) is 30.6 Å². The van der Waals surface area contributed by atoms with Crippen LogP contribution in [0.2, 0.25) is 0 Å².